The van der Waals surface area contributed by atoms with Crippen molar-refractivity contribution in [2.24, 2.45) is 5.92 Å². The van der Waals surface area contributed by atoms with E-state index in [1.807, 2.05) is 11.3 Å². The third-order valence-corrected chi connectivity index (χ3v) is 5.19. The van der Waals surface area contributed by atoms with Gasteiger partial charge in [-0.05, 0) is 44.9 Å². The molecule has 16 heavy (non-hydrogen) atoms. The average molecular weight is 237 g/mol. The Morgan fingerprint density at radius 3 is 2.56 bits per heavy atom. The van der Waals surface area contributed by atoms with E-state index < -0.39 is 0 Å². The first-order chi connectivity index (χ1) is 7.70. The molecule has 1 unspecified atom stereocenters. The summed E-state index contributed by atoms with van der Waals surface area (Å²) in [4.78, 5) is 3.01. The lowest BCUT2D eigenvalue weighted by Crippen LogP contribution is -2.18. The first kappa shape index (κ1) is 12.1. The minimum Gasteiger partial charge on any atom is -0.312 e. The standard InChI is InChI=1S/C14H23NS/c1-10-8-14(16-11(10)2)13(15-3)9-12-6-4-5-7-12/h8,12-13,15H,4-7,9H2,1-3H3. The predicted octanol–water partition coefficient (Wildman–Crippen LogP) is 4.21. The zero-order valence-electron chi connectivity index (χ0n) is 10.7. The number of aryl methyl sites for hydroxylation is 2. The van der Waals surface area contributed by atoms with Crippen molar-refractivity contribution in [2.75, 3.05) is 7.05 Å². The van der Waals surface area contributed by atoms with Gasteiger partial charge in [-0.25, -0.2) is 0 Å². The number of thiophene rings is 1. The largest absolute Gasteiger partial charge is 0.312 e. The molecule has 0 amide bonds. The maximum atomic E-state index is 3.50. The quantitative estimate of drug-likeness (QED) is 0.827. The molecule has 1 aromatic heterocycles. The van der Waals surface area contributed by atoms with Gasteiger partial charge in [0.1, 0.15) is 0 Å². The molecule has 0 radical (unpaired) electrons. The molecule has 0 aliphatic heterocycles. The Morgan fingerprint density at radius 2 is 2.06 bits per heavy atom. The third kappa shape index (κ3) is 2.67. The van der Waals surface area contributed by atoms with Gasteiger partial charge in [0, 0.05) is 15.8 Å². The van der Waals surface area contributed by atoms with Crippen molar-refractivity contribution in [3.63, 3.8) is 0 Å². The third-order valence-electron chi connectivity index (χ3n) is 3.92. The van der Waals surface area contributed by atoms with Crippen molar-refractivity contribution in [1.29, 1.82) is 0 Å². The Morgan fingerprint density at radius 1 is 1.38 bits per heavy atom. The molecule has 1 N–H and O–H groups in total. The summed E-state index contributed by atoms with van der Waals surface area (Å²) in [5.41, 5.74) is 1.45. The second kappa shape index (κ2) is 5.33. The van der Waals surface area contributed by atoms with E-state index in [1.54, 1.807) is 0 Å². The number of nitrogens with one attached hydrogen (secondary N) is 1. The SMILES string of the molecule is CNC(CC1CCCC1)c1cc(C)c(C)s1. The van der Waals surface area contributed by atoms with Gasteiger partial charge >= 0.3 is 0 Å². The topological polar surface area (TPSA) is 12.0 Å². The van der Waals surface area contributed by atoms with Crippen LogP contribution >= 0.6 is 11.3 Å². The molecule has 0 spiro atoms. The van der Waals surface area contributed by atoms with Gasteiger partial charge in [0.2, 0.25) is 0 Å². The van der Waals surface area contributed by atoms with Gasteiger partial charge in [-0.2, -0.15) is 0 Å². The summed E-state index contributed by atoms with van der Waals surface area (Å²) in [5, 5.41) is 3.50. The molecule has 2 heteroatoms. The van der Waals surface area contributed by atoms with Crippen molar-refractivity contribution in [2.45, 2.75) is 52.0 Å². The molecule has 0 saturated heterocycles. The highest BCUT2D eigenvalue weighted by atomic mass is 32.1. The molecule has 0 aromatic carbocycles. The Kier molecular flexibility index (Phi) is 4.04. The summed E-state index contributed by atoms with van der Waals surface area (Å²) in [5.74, 6) is 0.958. The van der Waals surface area contributed by atoms with Crippen LogP contribution in [0.15, 0.2) is 6.07 Å². The lowest BCUT2D eigenvalue weighted by Gasteiger charge is -2.18. The number of rotatable bonds is 4. The van der Waals surface area contributed by atoms with Crippen LogP contribution in [-0.4, -0.2) is 7.05 Å². The maximum Gasteiger partial charge on any atom is 0.0415 e. The predicted molar refractivity (Wildman–Crippen MR) is 72.2 cm³/mol. The summed E-state index contributed by atoms with van der Waals surface area (Å²) in [6.45, 7) is 4.45. The zero-order chi connectivity index (χ0) is 11.5. The first-order valence-electron chi connectivity index (χ1n) is 6.45. The molecule has 1 atom stereocenters. The molecule has 1 heterocycles. The highest BCUT2D eigenvalue weighted by Gasteiger charge is 2.21. The molecule has 1 nitrogen and oxygen atoms in total. The van der Waals surface area contributed by atoms with E-state index in [1.165, 1.54) is 47.4 Å². The van der Waals surface area contributed by atoms with Gasteiger partial charge in [0.15, 0.2) is 0 Å². The van der Waals surface area contributed by atoms with Crippen LogP contribution in [-0.2, 0) is 0 Å². The molecule has 1 aliphatic carbocycles. The molecular formula is C14H23NS. The van der Waals surface area contributed by atoms with Crippen molar-refractivity contribution in [3.05, 3.63) is 21.4 Å². The second-order valence-corrected chi connectivity index (χ2v) is 6.40. The van der Waals surface area contributed by atoms with Crippen LogP contribution in [0.5, 0.6) is 0 Å². The van der Waals surface area contributed by atoms with Crippen LogP contribution in [0.3, 0.4) is 0 Å². The average Bonchev–Trinajstić information content (AvgIpc) is 2.86. The van der Waals surface area contributed by atoms with Gasteiger partial charge in [0.05, 0.1) is 0 Å². The summed E-state index contributed by atoms with van der Waals surface area (Å²) < 4.78 is 0. The van der Waals surface area contributed by atoms with E-state index >= 15 is 0 Å². The minimum absolute atomic E-state index is 0.584. The van der Waals surface area contributed by atoms with Crippen molar-refractivity contribution >= 4 is 11.3 Å². The molecular weight excluding hydrogens is 214 g/mol. The fourth-order valence-corrected chi connectivity index (χ4v) is 3.89. The van der Waals surface area contributed by atoms with Gasteiger partial charge in [-0.3, -0.25) is 0 Å². The molecule has 0 bridgehead atoms. The van der Waals surface area contributed by atoms with Crippen LogP contribution in [0.25, 0.3) is 0 Å². The lowest BCUT2D eigenvalue weighted by atomic mass is 9.97. The van der Waals surface area contributed by atoms with Crippen LogP contribution in [0.1, 0.15) is 53.5 Å². The smallest absolute Gasteiger partial charge is 0.0415 e. The van der Waals surface area contributed by atoms with E-state index in [9.17, 15) is 0 Å². The number of hydrogen-bond donors (Lipinski definition) is 1. The monoisotopic (exact) mass is 237 g/mol. The molecule has 1 fully saturated rings. The molecule has 1 aromatic rings. The minimum atomic E-state index is 0.584. The highest BCUT2D eigenvalue weighted by molar-refractivity contribution is 7.12. The molecule has 2 rings (SSSR count). The van der Waals surface area contributed by atoms with E-state index in [0.29, 0.717) is 6.04 Å². The van der Waals surface area contributed by atoms with Crippen LogP contribution in [0, 0.1) is 19.8 Å². The molecule has 1 saturated carbocycles. The second-order valence-electron chi connectivity index (χ2n) is 5.12. The summed E-state index contributed by atoms with van der Waals surface area (Å²) in [6, 6.07) is 2.95. The zero-order valence-corrected chi connectivity index (χ0v) is 11.5. The van der Waals surface area contributed by atoms with Crippen molar-refractivity contribution < 1.29 is 0 Å². The lowest BCUT2D eigenvalue weighted by molar-refractivity contribution is 0.417. The molecule has 90 valence electrons. The van der Waals surface area contributed by atoms with Crippen molar-refractivity contribution in [3.8, 4) is 0 Å². The summed E-state index contributed by atoms with van der Waals surface area (Å²) >= 11 is 1.97. The first-order valence-corrected chi connectivity index (χ1v) is 7.26. The highest BCUT2D eigenvalue weighted by Crippen LogP contribution is 2.35. The van der Waals surface area contributed by atoms with E-state index in [0.717, 1.165) is 5.92 Å². The van der Waals surface area contributed by atoms with Crippen molar-refractivity contribution in [1.82, 2.24) is 5.32 Å². The van der Waals surface area contributed by atoms with E-state index in [-0.39, 0.29) is 0 Å². The van der Waals surface area contributed by atoms with E-state index in [4.69, 9.17) is 0 Å². The maximum absolute atomic E-state index is 3.50. The van der Waals surface area contributed by atoms with Gasteiger partial charge < -0.3 is 5.32 Å². The Labute approximate surface area is 103 Å². The summed E-state index contributed by atoms with van der Waals surface area (Å²) in [7, 11) is 2.10. The van der Waals surface area contributed by atoms with E-state index in [2.05, 4.69) is 32.3 Å². The Balaban J connectivity index is 2.03. The van der Waals surface area contributed by atoms with Gasteiger partial charge in [0.25, 0.3) is 0 Å². The van der Waals surface area contributed by atoms with Gasteiger partial charge in [-0.1, -0.05) is 25.7 Å². The fraction of sp³-hybridized carbons (Fsp3) is 0.714. The summed E-state index contributed by atoms with van der Waals surface area (Å²) in [6.07, 6.45) is 7.12. The Hall–Kier alpha value is -0.340. The molecule has 1 aliphatic rings. The van der Waals surface area contributed by atoms with Crippen LogP contribution in [0.2, 0.25) is 0 Å². The fourth-order valence-electron chi connectivity index (χ4n) is 2.73. The number of hydrogen-bond acceptors (Lipinski definition) is 2. The van der Waals surface area contributed by atoms with Crippen LogP contribution < -0.4 is 5.32 Å². The Bertz CT molecular complexity index is 317. The normalized spacial score (nSPS) is 19.2. The van der Waals surface area contributed by atoms with Gasteiger partial charge in [-0.15, -0.1) is 11.3 Å². The van der Waals surface area contributed by atoms with Crippen LogP contribution in [0.4, 0.5) is 0 Å².